The molecule has 0 aliphatic rings. The summed E-state index contributed by atoms with van der Waals surface area (Å²) in [5.41, 5.74) is 5.33. The fourth-order valence-corrected chi connectivity index (χ4v) is 5.71. The number of hydrogen-bond donors (Lipinski definition) is 4. The van der Waals surface area contributed by atoms with Crippen molar-refractivity contribution in [3.8, 4) is 0 Å². The van der Waals surface area contributed by atoms with E-state index in [0.29, 0.717) is 6.42 Å². The van der Waals surface area contributed by atoms with E-state index in [1.807, 2.05) is 6.08 Å². The Balaban J connectivity index is 4.36. The number of phosphoric ester groups is 1. The van der Waals surface area contributed by atoms with Gasteiger partial charge in [0.05, 0.1) is 25.4 Å². The van der Waals surface area contributed by atoms with Crippen LogP contribution in [0.25, 0.3) is 0 Å². The van der Waals surface area contributed by atoms with Crippen LogP contribution in [-0.2, 0) is 18.4 Å². The lowest BCUT2D eigenvalue weighted by Crippen LogP contribution is -2.45. The molecule has 0 heterocycles. The fraction of sp³-hybridized carbons (Fsp3) is 0.909. The Bertz CT molecular complexity index is 679. The van der Waals surface area contributed by atoms with E-state index in [1.54, 1.807) is 6.08 Å². The number of unbranched alkanes of at least 4 members (excludes halogenated alkanes) is 20. The van der Waals surface area contributed by atoms with Gasteiger partial charge in [0.1, 0.15) is 0 Å². The van der Waals surface area contributed by atoms with Gasteiger partial charge >= 0.3 is 7.82 Å². The topological polar surface area (TPSA) is 131 Å². The molecule has 42 heavy (non-hydrogen) atoms. The Kier molecular flexibility index (Phi) is 29.7. The van der Waals surface area contributed by atoms with Gasteiger partial charge in [-0.05, 0) is 19.3 Å². The first-order valence-corrected chi connectivity index (χ1v) is 18.8. The Labute approximate surface area is 258 Å². The zero-order valence-electron chi connectivity index (χ0n) is 27.2. The monoisotopic (exact) mass is 618 g/mol. The molecule has 0 fully saturated rings. The molecule has 0 rings (SSSR count). The van der Waals surface area contributed by atoms with Gasteiger partial charge in [-0.2, -0.15) is 0 Å². The molecule has 250 valence electrons. The second-order valence-corrected chi connectivity index (χ2v) is 13.2. The van der Waals surface area contributed by atoms with E-state index in [9.17, 15) is 19.4 Å². The predicted molar refractivity (Wildman–Crippen MR) is 175 cm³/mol. The zero-order chi connectivity index (χ0) is 31.2. The number of rotatable bonds is 32. The van der Waals surface area contributed by atoms with Crippen LogP contribution in [0.15, 0.2) is 12.2 Å². The normalized spacial score (nSPS) is 14.7. The number of hydrogen-bond acceptors (Lipinski definition) is 6. The minimum absolute atomic E-state index is 0.0807. The summed E-state index contributed by atoms with van der Waals surface area (Å²) in [7, 11) is -4.32. The molecule has 0 aliphatic heterocycles. The minimum Gasteiger partial charge on any atom is -0.387 e. The van der Waals surface area contributed by atoms with Crippen LogP contribution in [0.4, 0.5) is 0 Å². The molecule has 3 atom stereocenters. The highest BCUT2D eigenvalue weighted by molar-refractivity contribution is 7.47. The number of carbonyl (C=O) groups is 1. The largest absolute Gasteiger partial charge is 0.472 e. The highest BCUT2D eigenvalue weighted by Crippen LogP contribution is 2.43. The van der Waals surface area contributed by atoms with Crippen molar-refractivity contribution in [1.82, 2.24) is 5.32 Å². The number of carbonyl (C=O) groups excluding carboxylic acids is 1. The summed E-state index contributed by atoms with van der Waals surface area (Å²) in [5.74, 6) is -0.199. The van der Waals surface area contributed by atoms with Crippen LogP contribution >= 0.6 is 7.82 Å². The number of allylic oxidation sites excluding steroid dienone is 1. The fourth-order valence-electron chi connectivity index (χ4n) is 4.95. The van der Waals surface area contributed by atoms with Crippen LogP contribution in [0.5, 0.6) is 0 Å². The summed E-state index contributed by atoms with van der Waals surface area (Å²) in [4.78, 5) is 22.4. The molecule has 5 N–H and O–H groups in total. The Morgan fingerprint density at radius 1 is 0.762 bits per heavy atom. The molecule has 3 unspecified atom stereocenters. The van der Waals surface area contributed by atoms with E-state index < -0.39 is 20.0 Å². The highest BCUT2D eigenvalue weighted by atomic mass is 31.2. The lowest BCUT2D eigenvalue weighted by Gasteiger charge is -2.23. The molecule has 0 aliphatic carbocycles. The van der Waals surface area contributed by atoms with Crippen molar-refractivity contribution in [1.29, 1.82) is 0 Å². The second-order valence-electron chi connectivity index (χ2n) is 11.7. The second kappa shape index (κ2) is 30.3. The molecule has 0 radical (unpaired) electrons. The SMILES string of the molecule is CCCCCCCCCCCCCC/C=C/C(O)C(COP(=O)(O)OCCN)NC(=O)CCCCCCCCCCC. The Morgan fingerprint density at radius 2 is 1.21 bits per heavy atom. The third-order valence-corrected chi connectivity index (χ3v) is 8.60. The van der Waals surface area contributed by atoms with E-state index in [2.05, 4.69) is 19.2 Å². The standard InChI is InChI=1S/C33H67N2O6P/c1-3-5-7-9-11-13-14-15-16-17-19-20-22-24-26-32(36)31(30-41-42(38,39)40-29-28-34)35-33(37)27-25-23-21-18-12-10-8-6-4-2/h24,26,31-32,36H,3-23,25,27-30,34H2,1-2H3,(H,35,37)(H,38,39)/b26-24+. The average molecular weight is 619 g/mol. The first-order chi connectivity index (χ1) is 20.4. The van der Waals surface area contributed by atoms with Crippen molar-refractivity contribution in [2.24, 2.45) is 5.73 Å². The summed E-state index contributed by atoms with van der Waals surface area (Å²) >= 11 is 0. The van der Waals surface area contributed by atoms with Crippen molar-refractivity contribution in [2.75, 3.05) is 19.8 Å². The van der Waals surface area contributed by atoms with E-state index >= 15 is 0 Å². The zero-order valence-corrected chi connectivity index (χ0v) is 28.1. The molecule has 0 spiro atoms. The molecule has 0 saturated heterocycles. The van der Waals surface area contributed by atoms with Crippen LogP contribution in [0.3, 0.4) is 0 Å². The third kappa shape index (κ3) is 28.0. The van der Waals surface area contributed by atoms with Crippen molar-refractivity contribution in [3.63, 3.8) is 0 Å². The Morgan fingerprint density at radius 3 is 1.69 bits per heavy atom. The van der Waals surface area contributed by atoms with Crippen molar-refractivity contribution >= 4 is 13.7 Å². The third-order valence-electron chi connectivity index (χ3n) is 7.61. The van der Waals surface area contributed by atoms with E-state index in [0.717, 1.165) is 38.5 Å². The lowest BCUT2D eigenvalue weighted by atomic mass is 10.0. The lowest BCUT2D eigenvalue weighted by molar-refractivity contribution is -0.123. The van der Waals surface area contributed by atoms with Crippen LogP contribution < -0.4 is 11.1 Å². The number of nitrogens with one attached hydrogen (secondary N) is 1. The number of aliphatic hydroxyl groups excluding tert-OH is 1. The number of nitrogens with two attached hydrogens (primary N) is 1. The molecular weight excluding hydrogens is 551 g/mol. The highest BCUT2D eigenvalue weighted by Gasteiger charge is 2.26. The van der Waals surface area contributed by atoms with Crippen molar-refractivity contribution < 1.29 is 28.4 Å². The molecule has 1 amide bonds. The maximum atomic E-state index is 12.6. The molecule has 0 aromatic rings. The Hall–Kier alpha value is -0.760. The molecule has 8 nitrogen and oxygen atoms in total. The molecule has 0 bridgehead atoms. The summed E-state index contributed by atoms with van der Waals surface area (Å²) in [6.07, 6.45) is 29.7. The van der Waals surface area contributed by atoms with Gasteiger partial charge in [0, 0.05) is 13.0 Å². The average Bonchev–Trinajstić information content (AvgIpc) is 2.97. The maximum absolute atomic E-state index is 12.6. The number of aliphatic hydroxyl groups is 1. The molecule has 0 aromatic carbocycles. The van der Waals surface area contributed by atoms with Gasteiger partial charge in [0.25, 0.3) is 0 Å². The summed E-state index contributed by atoms with van der Waals surface area (Å²) in [6, 6.07) is -0.851. The molecule has 9 heteroatoms. The van der Waals surface area contributed by atoms with Gasteiger partial charge in [-0.1, -0.05) is 148 Å². The van der Waals surface area contributed by atoms with Gasteiger partial charge in [0.2, 0.25) is 5.91 Å². The maximum Gasteiger partial charge on any atom is 0.472 e. The molecule has 0 saturated carbocycles. The summed E-state index contributed by atoms with van der Waals surface area (Å²) in [6.45, 7) is 4.09. The number of phosphoric acid groups is 1. The first kappa shape index (κ1) is 41.2. The van der Waals surface area contributed by atoms with Crippen LogP contribution in [-0.4, -0.2) is 47.8 Å². The number of amides is 1. The van der Waals surface area contributed by atoms with Crippen molar-refractivity contribution in [2.45, 2.75) is 174 Å². The minimum atomic E-state index is -4.32. The van der Waals surface area contributed by atoms with Gasteiger partial charge in [-0.25, -0.2) is 4.57 Å². The summed E-state index contributed by atoms with van der Waals surface area (Å²) in [5, 5.41) is 13.5. The quantitative estimate of drug-likeness (QED) is 0.0338. The van der Waals surface area contributed by atoms with Gasteiger partial charge < -0.3 is 21.1 Å². The van der Waals surface area contributed by atoms with E-state index in [4.69, 9.17) is 14.8 Å². The smallest absolute Gasteiger partial charge is 0.387 e. The van der Waals surface area contributed by atoms with Crippen LogP contribution in [0.1, 0.15) is 162 Å². The van der Waals surface area contributed by atoms with Crippen LogP contribution in [0, 0.1) is 0 Å². The van der Waals surface area contributed by atoms with E-state index in [1.165, 1.54) is 103 Å². The van der Waals surface area contributed by atoms with Gasteiger partial charge in [0.15, 0.2) is 0 Å². The molecular formula is C33H67N2O6P. The van der Waals surface area contributed by atoms with Crippen LogP contribution in [0.2, 0.25) is 0 Å². The predicted octanol–water partition coefficient (Wildman–Crippen LogP) is 8.49. The molecule has 0 aromatic heterocycles. The van der Waals surface area contributed by atoms with Gasteiger partial charge in [-0.15, -0.1) is 0 Å². The first-order valence-electron chi connectivity index (χ1n) is 17.3. The van der Waals surface area contributed by atoms with E-state index in [-0.39, 0.29) is 25.7 Å². The van der Waals surface area contributed by atoms with Crippen molar-refractivity contribution in [3.05, 3.63) is 12.2 Å². The van der Waals surface area contributed by atoms with Gasteiger partial charge in [-0.3, -0.25) is 13.8 Å². The summed E-state index contributed by atoms with van der Waals surface area (Å²) < 4.78 is 21.9.